The highest BCUT2D eigenvalue weighted by Gasteiger charge is 2.21. The minimum absolute atomic E-state index is 0.207. The lowest BCUT2D eigenvalue weighted by molar-refractivity contribution is -0.113. The number of amides is 1. The molecule has 27 heavy (non-hydrogen) atoms. The molecule has 1 amide bonds. The average Bonchev–Trinajstić information content (AvgIpc) is 3.02. The second-order valence-electron chi connectivity index (χ2n) is 6.21. The predicted molar refractivity (Wildman–Crippen MR) is 112 cm³/mol. The molecule has 0 radical (unpaired) electrons. The van der Waals surface area contributed by atoms with E-state index in [9.17, 15) is 4.79 Å². The molecule has 1 aromatic heterocycles. The van der Waals surface area contributed by atoms with E-state index in [0.29, 0.717) is 16.6 Å². The largest absolute Gasteiger partial charge is 0.399 e. The lowest BCUT2D eigenvalue weighted by atomic mass is 10.1. The number of aliphatic imine (C=N–C) groups is 1. The van der Waals surface area contributed by atoms with Crippen molar-refractivity contribution >= 4 is 45.5 Å². The summed E-state index contributed by atoms with van der Waals surface area (Å²) >= 11 is 1.37. The molecule has 0 aliphatic carbocycles. The molecule has 0 spiro atoms. The summed E-state index contributed by atoms with van der Waals surface area (Å²) in [6, 6.07) is 17.6. The summed E-state index contributed by atoms with van der Waals surface area (Å²) < 4.78 is 0. The van der Waals surface area contributed by atoms with Gasteiger partial charge in [-0.3, -0.25) is 9.78 Å². The Kier molecular flexibility index (Phi) is 4.89. The highest BCUT2D eigenvalue weighted by atomic mass is 32.2. The van der Waals surface area contributed by atoms with Crippen LogP contribution in [-0.2, 0) is 11.2 Å². The molecule has 3 aromatic rings. The number of aromatic nitrogens is 1. The number of nitrogens with one attached hydrogen (secondary N) is 1. The van der Waals surface area contributed by atoms with Gasteiger partial charge < -0.3 is 11.1 Å². The number of nitrogens with zero attached hydrogens (tertiary/aromatic N) is 2. The van der Waals surface area contributed by atoms with Crippen LogP contribution in [0.1, 0.15) is 11.1 Å². The van der Waals surface area contributed by atoms with E-state index >= 15 is 0 Å². The summed E-state index contributed by atoms with van der Waals surface area (Å²) in [4.78, 5) is 21.2. The fraction of sp³-hybridized carbons (Fsp3) is 0.0952. The number of rotatable bonds is 4. The van der Waals surface area contributed by atoms with Crippen molar-refractivity contribution in [2.45, 2.75) is 6.42 Å². The average molecular weight is 374 g/mol. The quantitative estimate of drug-likeness (QED) is 0.538. The molecule has 6 heteroatoms. The van der Waals surface area contributed by atoms with Gasteiger partial charge in [0.15, 0.2) is 5.17 Å². The molecule has 0 fully saturated rings. The highest BCUT2D eigenvalue weighted by Crippen LogP contribution is 2.28. The van der Waals surface area contributed by atoms with Crippen molar-refractivity contribution in [2.75, 3.05) is 12.3 Å². The molecule has 1 aliphatic rings. The monoisotopic (exact) mass is 374 g/mol. The van der Waals surface area contributed by atoms with Gasteiger partial charge in [0.1, 0.15) is 0 Å². The van der Waals surface area contributed by atoms with Gasteiger partial charge in [0, 0.05) is 23.8 Å². The van der Waals surface area contributed by atoms with Gasteiger partial charge in [0.2, 0.25) is 0 Å². The van der Waals surface area contributed by atoms with E-state index in [-0.39, 0.29) is 5.91 Å². The molecule has 5 nitrogen and oxygen atoms in total. The zero-order valence-electron chi connectivity index (χ0n) is 14.6. The second-order valence-corrected chi connectivity index (χ2v) is 7.24. The number of anilines is 1. The minimum atomic E-state index is -0.207. The number of nitrogens with two attached hydrogens (primary N) is 1. The number of carbonyl (C=O) groups excluding carboxylic acids is 1. The number of hydrogen-bond acceptors (Lipinski definition) is 5. The van der Waals surface area contributed by atoms with Crippen LogP contribution in [0.25, 0.3) is 17.0 Å². The zero-order chi connectivity index (χ0) is 18.6. The summed E-state index contributed by atoms with van der Waals surface area (Å²) in [7, 11) is 0. The van der Waals surface area contributed by atoms with Gasteiger partial charge in [-0.15, -0.1) is 0 Å². The maximum absolute atomic E-state index is 12.2. The van der Waals surface area contributed by atoms with E-state index in [1.165, 1.54) is 17.3 Å². The van der Waals surface area contributed by atoms with Crippen LogP contribution in [0.5, 0.6) is 0 Å². The van der Waals surface area contributed by atoms with Crippen LogP contribution in [0.4, 0.5) is 5.69 Å². The molecule has 0 saturated carbocycles. The second kappa shape index (κ2) is 7.63. The standard InChI is InChI=1S/C21H18N4OS/c22-17-6-3-14(4-7-17)9-11-24-21-25-20(26)19(27-21)13-15-5-8-18-16(12-15)2-1-10-23-18/h1-8,10,12-13H,9,11,22H2,(H,24,25,26)/b19-13-. The molecule has 1 aliphatic heterocycles. The van der Waals surface area contributed by atoms with E-state index in [2.05, 4.69) is 15.3 Å². The van der Waals surface area contributed by atoms with E-state index < -0.39 is 0 Å². The normalized spacial score (nSPS) is 15.3. The van der Waals surface area contributed by atoms with Gasteiger partial charge in [-0.1, -0.05) is 24.3 Å². The highest BCUT2D eigenvalue weighted by molar-refractivity contribution is 8.18. The van der Waals surface area contributed by atoms with Crippen molar-refractivity contribution < 1.29 is 4.79 Å². The smallest absolute Gasteiger partial charge is 0.286 e. The van der Waals surface area contributed by atoms with Crippen LogP contribution in [0, 0.1) is 0 Å². The van der Waals surface area contributed by atoms with Gasteiger partial charge >= 0.3 is 0 Å². The van der Waals surface area contributed by atoms with Crippen molar-refractivity contribution in [3.8, 4) is 0 Å². The first-order valence-electron chi connectivity index (χ1n) is 8.63. The van der Waals surface area contributed by atoms with Crippen molar-refractivity contribution in [1.82, 2.24) is 10.3 Å². The summed E-state index contributed by atoms with van der Waals surface area (Å²) in [5.41, 5.74) is 9.54. The Hall–Kier alpha value is -3.12. The molecular formula is C21H18N4OS. The molecule has 0 atom stereocenters. The number of carbonyl (C=O) groups is 1. The van der Waals surface area contributed by atoms with Gasteiger partial charge in [0.25, 0.3) is 5.91 Å². The minimum Gasteiger partial charge on any atom is -0.399 e. The van der Waals surface area contributed by atoms with Crippen LogP contribution in [0.2, 0.25) is 0 Å². The number of fused-ring (bicyclic) bond motifs is 1. The molecule has 3 N–H and O–H groups in total. The summed E-state index contributed by atoms with van der Waals surface area (Å²) in [6.07, 6.45) is 4.48. The van der Waals surface area contributed by atoms with Crippen molar-refractivity contribution in [3.63, 3.8) is 0 Å². The Bertz CT molecular complexity index is 1060. The summed E-state index contributed by atoms with van der Waals surface area (Å²) in [6.45, 7) is 0.706. The summed E-state index contributed by atoms with van der Waals surface area (Å²) in [5, 5.41) is 4.92. The number of hydrogen-bond donors (Lipinski definition) is 2. The molecule has 134 valence electrons. The van der Waals surface area contributed by atoms with E-state index in [0.717, 1.165) is 28.6 Å². The van der Waals surface area contributed by atoms with Crippen molar-refractivity contribution in [3.05, 3.63) is 76.8 Å². The van der Waals surface area contributed by atoms with Gasteiger partial charge in [-0.25, -0.2) is 0 Å². The first kappa shape index (κ1) is 17.3. The number of amidine groups is 1. The maximum atomic E-state index is 12.2. The Labute approximate surface area is 161 Å². The Morgan fingerprint density at radius 2 is 1.96 bits per heavy atom. The van der Waals surface area contributed by atoms with Crippen LogP contribution in [-0.4, -0.2) is 22.6 Å². The predicted octanol–water partition coefficient (Wildman–Crippen LogP) is 3.62. The van der Waals surface area contributed by atoms with Crippen LogP contribution in [0.15, 0.2) is 70.7 Å². The van der Waals surface area contributed by atoms with Gasteiger partial charge in [-0.2, -0.15) is 4.99 Å². The van der Waals surface area contributed by atoms with Crippen LogP contribution < -0.4 is 11.1 Å². The lowest BCUT2D eigenvalue weighted by Crippen LogP contribution is -2.21. The topological polar surface area (TPSA) is 80.4 Å². The van der Waals surface area contributed by atoms with E-state index in [1.807, 2.05) is 60.7 Å². The number of benzene rings is 2. The third kappa shape index (κ3) is 4.17. The first-order valence-corrected chi connectivity index (χ1v) is 9.45. The first-order chi connectivity index (χ1) is 13.2. The van der Waals surface area contributed by atoms with Crippen molar-refractivity contribution in [2.24, 2.45) is 4.99 Å². The summed E-state index contributed by atoms with van der Waals surface area (Å²) in [5.74, 6) is -0.207. The Morgan fingerprint density at radius 1 is 1.11 bits per heavy atom. The van der Waals surface area contributed by atoms with E-state index in [1.54, 1.807) is 6.20 Å². The fourth-order valence-electron chi connectivity index (χ4n) is 2.82. The SMILES string of the molecule is Nc1ccc(CCNC2=NC(=O)/C(=C/c3ccc4ncccc4c3)S2)cc1. The molecule has 0 unspecified atom stereocenters. The third-order valence-corrected chi connectivity index (χ3v) is 5.16. The van der Waals surface area contributed by atoms with Crippen LogP contribution >= 0.6 is 11.8 Å². The van der Waals surface area contributed by atoms with Crippen LogP contribution in [0.3, 0.4) is 0 Å². The zero-order valence-corrected chi connectivity index (χ0v) is 15.4. The molecule has 2 aromatic carbocycles. The van der Waals surface area contributed by atoms with Gasteiger partial charge in [-0.05, 0) is 65.7 Å². The molecule has 4 rings (SSSR count). The number of pyridine rings is 1. The maximum Gasteiger partial charge on any atom is 0.286 e. The Morgan fingerprint density at radius 3 is 2.81 bits per heavy atom. The molecule has 0 bridgehead atoms. The van der Waals surface area contributed by atoms with E-state index in [4.69, 9.17) is 5.73 Å². The third-order valence-electron chi connectivity index (χ3n) is 4.21. The van der Waals surface area contributed by atoms with Gasteiger partial charge in [0.05, 0.1) is 10.4 Å². The fourth-order valence-corrected chi connectivity index (χ4v) is 3.66. The molecular weight excluding hydrogens is 356 g/mol. The number of nitrogen functional groups attached to an aromatic ring is 1. The lowest BCUT2D eigenvalue weighted by Gasteiger charge is -2.05. The molecule has 0 saturated heterocycles. The Balaban J connectivity index is 1.39. The van der Waals surface area contributed by atoms with Crippen molar-refractivity contribution in [1.29, 1.82) is 0 Å². The molecule has 2 heterocycles. The number of thioether (sulfide) groups is 1.